The highest BCUT2D eigenvalue weighted by Crippen LogP contribution is 2.36. The number of hydrogen-bond acceptors (Lipinski definition) is 4. The molecule has 0 fully saturated rings. The number of halogens is 1. The van der Waals surface area contributed by atoms with E-state index in [4.69, 9.17) is 21.1 Å². The molecule has 0 unspecified atom stereocenters. The van der Waals surface area contributed by atoms with E-state index in [0.717, 1.165) is 0 Å². The monoisotopic (exact) mass is 337 g/mol. The number of carbonyl (C=O) groups is 2. The van der Waals surface area contributed by atoms with Crippen LogP contribution in [0, 0.1) is 0 Å². The first-order valence-electron chi connectivity index (χ1n) is 6.81. The van der Waals surface area contributed by atoms with Crippen LogP contribution in [0.15, 0.2) is 30.5 Å². The zero-order chi connectivity index (χ0) is 16.8. The summed E-state index contributed by atoms with van der Waals surface area (Å²) >= 11 is 6.10. The second-order valence-electron chi connectivity index (χ2n) is 4.41. The largest absolute Gasteiger partial charge is 0.493 e. The van der Waals surface area contributed by atoms with E-state index in [1.807, 2.05) is 6.92 Å². The number of methoxy groups -OCH3 is 1. The summed E-state index contributed by atoms with van der Waals surface area (Å²) in [6, 6.07) is 6.17. The van der Waals surface area contributed by atoms with Crippen molar-refractivity contribution < 1.29 is 19.1 Å². The van der Waals surface area contributed by atoms with Gasteiger partial charge in [0.2, 0.25) is 0 Å². The number of aromatic amines is 1. The Morgan fingerprint density at radius 2 is 2.00 bits per heavy atom. The van der Waals surface area contributed by atoms with Crippen LogP contribution in [0.5, 0.6) is 11.5 Å². The highest BCUT2D eigenvalue weighted by molar-refractivity contribution is 6.32. The summed E-state index contributed by atoms with van der Waals surface area (Å²) in [5.41, 5.74) is 5.15. The third kappa shape index (κ3) is 3.95. The number of hydrogen-bond donors (Lipinski definition) is 3. The molecule has 23 heavy (non-hydrogen) atoms. The molecule has 2 rings (SSSR count). The van der Waals surface area contributed by atoms with Gasteiger partial charge in [0.1, 0.15) is 5.69 Å². The summed E-state index contributed by atoms with van der Waals surface area (Å²) in [4.78, 5) is 26.6. The van der Waals surface area contributed by atoms with E-state index in [2.05, 4.69) is 15.8 Å². The Labute approximate surface area is 137 Å². The van der Waals surface area contributed by atoms with E-state index in [0.29, 0.717) is 23.8 Å². The van der Waals surface area contributed by atoms with Gasteiger partial charge in [-0.2, -0.15) is 0 Å². The van der Waals surface area contributed by atoms with Crippen LogP contribution >= 0.6 is 11.6 Å². The van der Waals surface area contributed by atoms with Gasteiger partial charge in [-0.05, 0) is 31.2 Å². The fourth-order valence-electron chi connectivity index (χ4n) is 1.86. The van der Waals surface area contributed by atoms with Crippen molar-refractivity contribution in [2.45, 2.75) is 6.92 Å². The van der Waals surface area contributed by atoms with Gasteiger partial charge < -0.3 is 14.5 Å². The Bertz CT molecular complexity index is 701. The third-order valence-electron chi connectivity index (χ3n) is 2.91. The van der Waals surface area contributed by atoms with E-state index in [9.17, 15) is 9.59 Å². The molecule has 0 radical (unpaired) electrons. The SMILES string of the molecule is CCOc1c(Cl)cc(C(=O)NNC(=O)c2ccc[nH]2)cc1OC. The van der Waals surface area contributed by atoms with Gasteiger partial charge in [0.25, 0.3) is 11.8 Å². The van der Waals surface area contributed by atoms with Crippen LogP contribution in [0.3, 0.4) is 0 Å². The van der Waals surface area contributed by atoms with Crippen LogP contribution in [-0.2, 0) is 0 Å². The second-order valence-corrected chi connectivity index (χ2v) is 4.82. The number of ether oxygens (including phenoxy) is 2. The molecule has 3 N–H and O–H groups in total. The normalized spacial score (nSPS) is 10.0. The Balaban J connectivity index is 2.10. The fourth-order valence-corrected chi connectivity index (χ4v) is 2.13. The van der Waals surface area contributed by atoms with Crippen molar-refractivity contribution in [1.82, 2.24) is 15.8 Å². The molecule has 0 saturated heterocycles. The van der Waals surface area contributed by atoms with Crippen LogP contribution in [0.4, 0.5) is 0 Å². The molecule has 0 aliphatic carbocycles. The number of aromatic nitrogens is 1. The lowest BCUT2D eigenvalue weighted by Crippen LogP contribution is -2.41. The number of nitrogens with one attached hydrogen (secondary N) is 3. The van der Waals surface area contributed by atoms with Crippen LogP contribution in [-0.4, -0.2) is 30.5 Å². The van der Waals surface area contributed by atoms with Crippen molar-refractivity contribution in [3.8, 4) is 11.5 Å². The quantitative estimate of drug-likeness (QED) is 0.729. The molecule has 2 amide bonds. The molecule has 122 valence electrons. The molecule has 1 aromatic heterocycles. The molecule has 0 saturated carbocycles. The number of H-pyrrole nitrogens is 1. The summed E-state index contributed by atoms with van der Waals surface area (Å²) in [6.07, 6.45) is 1.60. The van der Waals surface area contributed by atoms with Crippen molar-refractivity contribution in [1.29, 1.82) is 0 Å². The van der Waals surface area contributed by atoms with E-state index >= 15 is 0 Å². The first-order chi connectivity index (χ1) is 11.1. The summed E-state index contributed by atoms with van der Waals surface area (Å²) in [5.74, 6) is -0.302. The molecule has 7 nitrogen and oxygen atoms in total. The lowest BCUT2D eigenvalue weighted by Gasteiger charge is -2.13. The standard InChI is InChI=1S/C15H16ClN3O4/c1-3-23-13-10(16)7-9(8-12(13)22-2)14(20)18-19-15(21)11-5-4-6-17-11/h4-8,17H,3H2,1-2H3,(H,18,20)(H,19,21). The summed E-state index contributed by atoms with van der Waals surface area (Å²) in [7, 11) is 1.45. The lowest BCUT2D eigenvalue weighted by atomic mass is 10.2. The van der Waals surface area contributed by atoms with Crippen LogP contribution < -0.4 is 20.3 Å². The summed E-state index contributed by atoms with van der Waals surface area (Å²) < 4.78 is 10.6. The minimum atomic E-state index is -0.534. The predicted molar refractivity (Wildman–Crippen MR) is 84.9 cm³/mol. The van der Waals surface area contributed by atoms with Gasteiger partial charge in [0.15, 0.2) is 11.5 Å². The number of rotatable bonds is 5. The van der Waals surface area contributed by atoms with Crippen molar-refractivity contribution in [3.05, 3.63) is 46.7 Å². The molecule has 1 heterocycles. The van der Waals surface area contributed by atoms with Crippen molar-refractivity contribution in [2.75, 3.05) is 13.7 Å². The fraction of sp³-hybridized carbons (Fsp3) is 0.200. The molecule has 2 aromatic rings. The van der Waals surface area contributed by atoms with Gasteiger partial charge in [-0.3, -0.25) is 20.4 Å². The number of amides is 2. The highest BCUT2D eigenvalue weighted by Gasteiger charge is 2.16. The minimum Gasteiger partial charge on any atom is -0.493 e. The molecule has 8 heteroatoms. The smallest absolute Gasteiger partial charge is 0.286 e. The molecule has 0 spiro atoms. The van der Waals surface area contributed by atoms with Crippen molar-refractivity contribution in [3.63, 3.8) is 0 Å². The maximum absolute atomic E-state index is 12.1. The Kier molecular flexibility index (Phi) is 5.48. The zero-order valence-corrected chi connectivity index (χ0v) is 13.4. The molecule has 0 bridgehead atoms. The lowest BCUT2D eigenvalue weighted by molar-refractivity contribution is 0.0844. The summed E-state index contributed by atoms with van der Waals surface area (Å²) in [6.45, 7) is 2.22. The van der Waals surface area contributed by atoms with E-state index in [1.54, 1.807) is 18.3 Å². The van der Waals surface area contributed by atoms with Crippen molar-refractivity contribution in [2.24, 2.45) is 0 Å². The van der Waals surface area contributed by atoms with Gasteiger partial charge in [-0.1, -0.05) is 11.6 Å². The predicted octanol–water partition coefficient (Wildman–Crippen LogP) is 2.15. The zero-order valence-electron chi connectivity index (χ0n) is 12.6. The van der Waals surface area contributed by atoms with Crippen LogP contribution in [0.1, 0.15) is 27.8 Å². The average Bonchev–Trinajstić information content (AvgIpc) is 3.08. The molecule has 1 aromatic carbocycles. The number of benzene rings is 1. The van der Waals surface area contributed by atoms with Crippen molar-refractivity contribution >= 4 is 23.4 Å². The molecular formula is C15H16ClN3O4. The average molecular weight is 338 g/mol. The first-order valence-corrected chi connectivity index (χ1v) is 7.19. The van der Waals surface area contributed by atoms with Crippen LogP contribution in [0.25, 0.3) is 0 Å². The molecular weight excluding hydrogens is 322 g/mol. The molecule has 0 aliphatic heterocycles. The van der Waals surface area contributed by atoms with E-state index < -0.39 is 11.8 Å². The van der Waals surface area contributed by atoms with Gasteiger partial charge in [0, 0.05) is 11.8 Å². The van der Waals surface area contributed by atoms with Gasteiger partial charge in [-0.25, -0.2) is 0 Å². The van der Waals surface area contributed by atoms with Gasteiger partial charge in [0.05, 0.1) is 18.7 Å². The Morgan fingerprint density at radius 1 is 1.26 bits per heavy atom. The minimum absolute atomic E-state index is 0.224. The van der Waals surface area contributed by atoms with Crippen LogP contribution in [0.2, 0.25) is 5.02 Å². The summed E-state index contributed by atoms with van der Waals surface area (Å²) in [5, 5.41) is 0.243. The molecule has 0 atom stereocenters. The topological polar surface area (TPSA) is 92.5 Å². The van der Waals surface area contributed by atoms with E-state index in [1.165, 1.54) is 19.2 Å². The maximum Gasteiger partial charge on any atom is 0.286 e. The Morgan fingerprint density at radius 3 is 2.61 bits per heavy atom. The van der Waals surface area contributed by atoms with E-state index in [-0.39, 0.29) is 10.6 Å². The Hall–Kier alpha value is -2.67. The third-order valence-corrected chi connectivity index (χ3v) is 3.19. The molecule has 0 aliphatic rings. The van der Waals surface area contributed by atoms with Gasteiger partial charge in [-0.15, -0.1) is 0 Å². The van der Waals surface area contributed by atoms with Gasteiger partial charge >= 0.3 is 0 Å². The maximum atomic E-state index is 12.1. The number of carbonyl (C=O) groups excluding carboxylic acids is 2. The second kappa shape index (κ2) is 7.55. The number of hydrazine groups is 1. The highest BCUT2D eigenvalue weighted by atomic mass is 35.5. The first kappa shape index (κ1) is 16.7.